The van der Waals surface area contributed by atoms with Crippen LogP contribution in [0.25, 0.3) is 10.9 Å². The van der Waals surface area contributed by atoms with Crippen molar-refractivity contribution in [2.24, 2.45) is 0 Å². The molecule has 2 rings (SSSR count). The first-order valence-corrected chi connectivity index (χ1v) is 7.28. The fourth-order valence-corrected chi connectivity index (χ4v) is 2.46. The smallest absolute Gasteiger partial charge is 0.322 e. The van der Waals surface area contributed by atoms with Gasteiger partial charge < -0.3 is 20.0 Å². The number of nitrogens with one attached hydrogen (secondary N) is 1. The Labute approximate surface area is 137 Å². The fourth-order valence-electron chi connectivity index (χ4n) is 2.46. The Morgan fingerprint density at radius 1 is 1.33 bits per heavy atom. The van der Waals surface area contributed by atoms with Gasteiger partial charge in [0.1, 0.15) is 30.0 Å². The van der Waals surface area contributed by atoms with Crippen LogP contribution in [0.4, 0.5) is 0 Å². The number of carboxylic acids is 1. The molecule has 0 saturated carbocycles. The van der Waals surface area contributed by atoms with Crippen molar-refractivity contribution in [1.29, 1.82) is 0 Å². The maximum Gasteiger partial charge on any atom is 0.322 e. The number of carbonyl (C=O) groups excluding carboxylic acids is 1. The quantitative estimate of drug-likeness (QED) is 0.800. The lowest BCUT2D eigenvalue weighted by Gasteiger charge is -2.17. The highest BCUT2D eigenvalue weighted by Crippen LogP contribution is 2.27. The van der Waals surface area contributed by atoms with Gasteiger partial charge in [-0.05, 0) is 25.5 Å². The predicted molar refractivity (Wildman–Crippen MR) is 86.6 cm³/mol. The molecule has 0 radical (unpaired) electrons. The van der Waals surface area contributed by atoms with Crippen molar-refractivity contribution in [3.63, 3.8) is 0 Å². The predicted octanol–water partition coefficient (Wildman–Crippen LogP) is 0.581. The van der Waals surface area contributed by atoms with Gasteiger partial charge in [0.25, 0.3) is 11.5 Å². The number of hydrogen-bond acceptors (Lipinski definition) is 5. The van der Waals surface area contributed by atoms with E-state index in [1.165, 1.54) is 7.11 Å². The number of carboxylic acid groups (broad SMARTS) is 1. The molecular weight excluding hydrogens is 316 g/mol. The fraction of sp³-hybridized carbons (Fsp3) is 0.312. The number of fused-ring (bicyclic) bond motifs is 1. The van der Waals surface area contributed by atoms with E-state index in [1.54, 1.807) is 32.0 Å². The molecule has 0 fully saturated rings. The number of nitrogens with zero attached hydrogens (tertiary/aromatic N) is 1. The van der Waals surface area contributed by atoms with Gasteiger partial charge in [-0.3, -0.25) is 14.4 Å². The highest BCUT2D eigenvalue weighted by Gasteiger charge is 2.22. The van der Waals surface area contributed by atoms with E-state index in [1.807, 2.05) is 0 Å². The van der Waals surface area contributed by atoms with E-state index in [2.05, 4.69) is 5.32 Å². The molecule has 1 aromatic carbocycles. The maximum atomic E-state index is 12.7. The molecule has 0 saturated heterocycles. The van der Waals surface area contributed by atoms with Gasteiger partial charge in [-0.1, -0.05) is 12.1 Å². The van der Waals surface area contributed by atoms with Crippen LogP contribution in [0.5, 0.6) is 5.75 Å². The Bertz CT molecular complexity index is 856. The minimum absolute atomic E-state index is 0.162. The standard InChI is InChI=1S/C16H18N2O6/c1-4-24-18-14-10(6-5-7-11(14)23-3)9(2)13(16(18)22)15(21)17-8-12(19)20/h5-7H,4,8H2,1-3H3,(H,17,21)(H,19,20). The number of carbonyl (C=O) groups is 2. The average molecular weight is 334 g/mol. The van der Waals surface area contributed by atoms with E-state index in [0.717, 1.165) is 4.73 Å². The van der Waals surface area contributed by atoms with Crippen molar-refractivity contribution in [1.82, 2.24) is 10.0 Å². The molecule has 0 atom stereocenters. The van der Waals surface area contributed by atoms with Crippen molar-refractivity contribution < 1.29 is 24.3 Å². The summed E-state index contributed by atoms with van der Waals surface area (Å²) in [6.07, 6.45) is 0. The van der Waals surface area contributed by atoms with Crippen molar-refractivity contribution in [2.75, 3.05) is 20.3 Å². The van der Waals surface area contributed by atoms with E-state index < -0.39 is 24.0 Å². The number of methoxy groups -OCH3 is 1. The van der Waals surface area contributed by atoms with Crippen LogP contribution in [0.3, 0.4) is 0 Å². The number of hydrogen-bond donors (Lipinski definition) is 2. The Hall–Kier alpha value is -3.03. The minimum atomic E-state index is -1.20. The van der Waals surface area contributed by atoms with E-state index in [4.69, 9.17) is 14.7 Å². The second-order valence-electron chi connectivity index (χ2n) is 4.95. The van der Waals surface area contributed by atoms with Crippen molar-refractivity contribution >= 4 is 22.8 Å². The topological polar surface area (TPSA) is 107 Å². The third kappa shape index (κ3) is 3.03. The number of aromatic nitrogens is 1. The number of para-hydroxylation sites is 1. The molecular formula is C16H18N2O6. The molecule has 8 heteroatoms. The lowest BCUT2D eigenvalue weighted by atomic mass is 10.0. The molecule has 0 unspecified atom stereocenters. The molecule has 1 amide bonds. The molecule has 8 nitrogen and oxygen atoms in total. The molecule has 128 valence electrons. The summed E-state index contributed by atoms with van der Waals surface area (Å²) in [6, 6.07) is 5.14. The van der Waals surface area contributed by atoms with Crippen molar-refractivity contribution in [3.8, 4) is 5.75 Å². The van der Waals surface area contributed by atoms with Crippen LogP contribution < -0.4 is 20.5 Å². The molecule has 0 bridgehead atoms. The van der Waals surface area contributed by atoms with Gasteiger partial charge >= 0.3 is 5.97 Å². The first kappa shape index (κ1) is 17.3. The highest BCUT2D eigenvalue weighted by molar-refractivity contribution is 6.01. The molecule has 2 N–H and O–H groups in total. The second-order valence-corrected chi connectivity index (χ2v) is 4.95. The number of aryl methyl sites for hydroxylation is 1. The zero-order chi connectivity index (χ0) is 17.9. The number of amides is 1. The summed E-state index contributed by atoms with van der Waals surface area (Å²) in [5, 5.41) is 11.5. The summed E-state index contributed by atoms with van der Waals surface area (Å²) < 4.78 is 6.30. The largest absolute Gasteiger partial charge is 0.494 e. The van der Waals surface area contributed by atoms with E-state index >= 15 is 0 Å². The highest BCUT2D eigenvalue weighted by atomic mass is 16.7. The van der Waals surface area contributed by atoms with E-state index in [0.29, 0.717) is 22.2 Å². The minimum Gasteiger partial charge on any atom is -0.494 e. The summed E-state index contributed by atoms with van der Waals surface area (Å²) in [5.74, 6) is -1.54. The molecule has 2 aromatic rings. The van der Waals surface area contributed by atoms with Crippen LogP contribution in [-0.4, -0.2) is 42.0 Å². The number of rotatable bonds is 6. The van der Waals surface area contributed by atoms with Crippen LogP contribution in [0, 0.1) is 6.92 Å². The number of pyridine rings is 1. The van der Waals surface area contributed by atoms with E-state index in [-0.39, 0.29) is 12.2 Å². The van der Waals surface area contributed by atoms with Gasteiger partial charge in [0, 0.05) is 5.39 Å². The summed E-state index contributed by atoms with van der Waals surface area (Å²) in [5.41, 5.74) is 0.00608. The van der Waals surface area contributed by atoms with Crippen LogP contribution in [-0.2, 0) is 4.79 Å². The van der Waals surface area contributed by atoms with Crippen LogP contribution in [0.1, 0.15) is 22.8 Å². The van der Waals surface area contributed by atoms with Gasteiger partial charge in [-0.2, -0.15) is 0 Å². The third-order valence-corrected chi connectivity index (χ3v) is 3.48. The maximum absolute atomic E-state index is 12.7. The zero-order valence-electron chi connectivity index (χ0n) is 13.6. The van der Waals surface area contributed by atoms with Crippen LogP contribution in [0.2, 0.25) is 0 Å². The lowest BCUT2D eigenvalue weighted by Crippen LogP contribution is -2.38. The van der Waals surface area contributed by atoms with Crippen molar-refractivity contribution in [2.45, 2.75) is 13.8 Å². The molecule has 1 heterocycles. The first-order valence-electron chi connectivity index (χ1n) is 7.28. The van der Waals surface area contributed by atoms with Gasteiger partial charge in [-0.25, -0.2) is 0 Å². The van der Waals surface area contributed by atoms with Gasteiger partial charge in [0.2, 0.25) is 0 Å². The van der Waals surface area contributed by atoms with E-state index in [9.17, 15) is 14.4 Å². The number of ether oxygens (including phenoxy) is 1. The normalized spacial score (nSPS) is 10.5. The summed E-state index contributed by atoms with van der Waals surface area (Å²) in [7, 11) is 1.47. The van der Waals surface area contributed by atoms with Gasteiger partial charge in [0.15, 0.2) is 0 Å². The Balaban J connectivity index is 2.76. The monoisotopic (exact) mass is 334 g/mol. The molecule has 1 aromatic heterocycles. The molecule has 0 aliphatic rings. The Morgan fingerprint density at radius 2 is 2.04 bits per heavy atom. The number of benzene rings is 1. The van der Waals surface area contributed by atoms with Gasteiger partial charge in [-0.15, -0.1) is 4.73 Å². The summed E-state index contributed by atoms with van der Waals surface area (Å²) in [4.78, 5) is 41.0. The number of aliphatic carboxylic acids is 1. The third-order valence-electron chi connectivity index (χ3n) is 3.48. The van der Waals surface area contributed by atoms with Crippen LogP contribution in [0.15, 0.2) is 23.0 Å². The second kappa shape index (κ2) is 7.03. The molecule has 0 aliphatic carbocycles. The zero-order valence-corrected chi connectivity index (χ0v) is 13.6. The first-order chi connectivity index (χ1) is 11.4. The SMILES string of the molecule is CCOn1c(=O)c(C(=O)NCC(=O)O)c(C)c2cccc(OC)c21. The molecule has 24 heavy (non-hydrogen) atoms. The molecule has 0 spiro atoms. The lowest BCUT2D eigenvalue weighted by molar-refractivity contribution is -0.135. The van der Waals surface area contributed by atoms with Crippen LogP contribution >= 0.6 is 0 Å². The Morgan fingerprint density at radius 3 is 2.62 bits per heavy atom. The molecule has 0 aliphatic heterocycles. The summed E-state index contributed by atoms with van der Waals surface area (Å²) >= 11 is 0. The Kier molecular flexibility index (Phi) is 5.08. The average Bonchev–Trinajstić information content (AvgIpc) is 2.56. The van der Waals surface area contributed by atoms with Crippen molar-refractivity contribution in [3.05, 3.63) is 39.7 Å². The van der Waals surface area contributed by atoms with Gasteiger partial charge in [0.05, 0.1) is 7.11 Å². The summed E-state index contributed by atoms with van der Waals surface area (Å²) in [6.45, 7) is 2.95.